The van der Waals surface area contributed by atoms with Crippen LogP contribution in [0.25, 0.3) is 17.4 Å². The summed E-state index contributed by atoms with van der Waals surface area (Å²) in [4.78, 5) is 43.8. The number of nitrogens with zero attached hydrogens (tertiary/aromatic N) is 2. The molecule has 0 saturated heterocycles. The van der Waals surface area contributed by atoms with E-state index in [0.717, 1.165) is 6.42 Å². The summed E-state index contributed by atoms with van der Waals surface area (Å²) in [5.74, 6) is -0.0634. The van der Waals surface area contributed by atoms with E-state index in [1.807, 2.05) is 19.1 Å². The first kappa shape index (κ1) is 27.9. The van der Waals surface area contributed by atoms with Crippen LogP contribution in [-0.4, -0.2) is 35.3 Å². The van der Waals surface area contributed by atoms with Crippen LogP contribution in [0.2, 0.25) is 0 Å². The number of carboxylic acid groups (broad SMARTS) is 1. The Hall–Kier alpha value is -4.70. The Labute approximate surface area is 239 Å². The van der Waals surface area contributed by atoms with Gasteiger partial charge in [-0.3, -0.25) is 9.36 Å². The van der Waals surface area contributed by atoms with Gasteiger partial charge >= 0.3 is 11.9 Å². The molecule has 2 aromatic heterocycles. The summed E-state index contributed by atoms with van der Waals surface area (Å²) >= 11 is 1.21. The molecule has 0 bridgehead atoms. The van der Waals surface area contributed by atoms with E-state index in [-0.39, 0.29) is 17.7 Å². The molecule has 1 aliphatic rings. The molecule has 2 aromatic carbocycles. The number of hydrogen-bond acceptors (Lipinski definition) is 8. The molecule has 0 fully saturated rings. The van der Waals surface area contributed by atoms with Gasteiger partial charge in [0.15, 0.2) is 4.80 Å². The van der Waals surface area contributed by atoms with Gasteiger partial charge in [0.1, 0.15) is 17.3 Å². The predicted octanol–water partition coefficient (Wildman–Crippen LogP) is 4.55. The predicted molar refractivity (Wildman–Crippen MR) is 154 cm³/mol. The zero-order valence-electron chi connectivity index (χ0n) is 22.7. The number of methoxy groups -OCH3 is 1. The highest BCUT2D eigenvalue weighted by molar-refractivity contribution is 7.07. The third-order valence-electron chi connectivity index (χ3n) is 6.60. The lowest BCUT2D eigenvalue weighted by Crippen LogP contribution is -2.40. The van der Waals surface area contributed by atoms with Gasteiger partial charge in [0.25, 0.3) is 5.56 Å². The molecule has 0 spiro atoms. The van der Waals surface area contributed by atoms with Crippen LogP contribution in [0.5, 0.6) is 5.75 Å². The number of carbonyl (C=O) groups is 2. The number of hydrogen-bond donors (Lipinski definition) is 1. The van der Waals surface area contributed by atoms with Gasteiger partial charge in [0.2, 0.25) is 0 Å². The minimum atomic E-state index is -1.03. The Balaban J connectivity index is 1.66. The molecule has 0 amide bonds. The highest BCUT2D eigenvalue weighted by Gasteiger charge is 2.34. The first-order valence-corrected chi connectivity index (χ1v) is 14.0. The number of furan rings is 1. The summed E-state index contributed by atoms with van der Waals surface area (Å²) in [7, 11) is 1.56. The maximum Gasteiger partial charge on any atom is 0.338 e. The average Bonchev–Trinajstić information content (AvgIpc) is 3.57. The van der Waals surface area contributed by atoms with Crippen LogP contribution in [-0.2, 0) is 9.53 Å². The van der Waals surface area contributed by atoms with Crippen LogP contribution in [0.3, 0.4) is 0 Å². The van der Waals surface area contributed by atoms with Gasteiger partial charge in [0.05, 0.1) is 41.1 Å². The summed E-state index contributed by atoms with van der Waals surface area (Å²) in [6.45, 7) is 3.93. The van der Waals surface area contributed by atoms with Crippen molar-refractivity contribution < 1.29 is 28.6 Å². The molecule has 4 aromatic rings. The largest absolute Gasteiger partial charge is 0.497 e. The molecule has 10 heteroatoms. The van der Waals surface area contributed by atoms with Crippen molar-refractivity contribution in [1.82, 2.24) is 4.57 Å². The molecule has 1 N–H and O–H groups in total. The first-order valence-electron chi connectivity index (χ1n) is 13.1. The molecule has 9 nitrogen and oxygen atoms in total. The van der Waals surface area contributed by atoms with Crippen LogP contribution in [0.4, 0.5) is 0 Å². The normalized spacial score (nSPS) is 14.9. The van der Waals surface area contributed by atoms with Gasteiger partial charge in [0, 0.05) is 11.6 Å². The van der Waals surface area contributed by atoms with E-state index in [4.69, 9.17) is 18.9 Å². The molecular formula is C31H28N2O7S. The lowest BCUT2D eigenvalue weighted by Gasteiger charge is -2.26. The van der Waals surface area contributed by atoms with Crippen molar-refractivity contribution in [3.8, 4) is 17.1 Å². The van der Waals surface area contributed by atoms with Crippen LogP contribution >= 0.6 is 11.3 Å². The van der Waals surface area contributed by atoms with Crippen molar-refractivity contribution in [3.63, 3.8) is 0 Å². The number of thiazole rings is 1. The fraction of sp³-hybridized carbons (Fsp3) is 0.226. The van der Waals surface area contributed by atoms with Gasteiger partial charge in [-0.05, 0) is 55.3 Å². The number of carboxylic acids is 1. The van der Waals surface area contributed by atoms with E-state index in [2.05, 4.69) is 0 Å². The lowest BCUT2D eigenvalue weighted by molar-refractivity contribution is -0.139. The van der Waals surface area contributed by atoms with Crippen molar-refractivity contribution in [1.29, 1.82) is 0 Å². The van der Waals surface area contributed by atoms with E-state index in [0.29, 0.717) is 55.4 Å². The van der Waals surface area contributed by atoms with Gasteiger partial charge < -0.3 is 19.0 Å². The van der Waals surface area contributed by atoms with Gasteiger partial charge in [-0.15, -0.1) is 0 Å². The van der Waals surface area contributed by atoms with E-state index in [1.54, 1.807) is 56.5 Å². The second-order valence-electron chi connectivity index (χ2n) is 9.28. The van der Waals surface area contributed by atoms with E-state index in [9.17, 15) is 19.5 Å². The molecule has 0 radical (unpaired) electrons. The third-order valence-corrected chi connectivity index (χ3v) is 7.58. The Morgan fingerprint density at radius 3 is 2.66 bits per heavy atom. The molecule has 0 aliphatic carbocycles. The second-order valence-corrected chi connectivity index (χ2v) is 10.3. The number of aromatic carboxylic acids is 1. The lowest BCUT2D eigenvalue weighted by atomic mass is 9.94. The highest BCUT2D eigenvalue weighted by Crippen LogP contribution is 2.34. The minimum absolute atomic E-state index is 0.145. The molecule has 1 atom stereocenters. The van der Waals surface area contributed by atoms with E-state index < -0.39 is 18.0 Å². The van der Waals surface area contributed by atoms with Gasteiger partial charge in [-0.2, -0.15) is 0 Å². The van der Waals surface area contributed by atoms with E-state index in [1.165, 1.54) is 28.0 Å². The van der Waals surface area contributed by atoms with Crippen LogP contribution < -0.4 is 19.6 Å². The van der Waals surface area contributed by atoms with E-state index >= 15 is 0 Å². The monoisotopic (exact) mass is 572 g/mol. The van der Waals surface area contributed by atoms with Crippen LogP contribution in [0.1, 0.15) is 54.4 Å². The number of allylic oxidation sites excluding steroid dienone is 1. The summed E-state index contributed by atoms with van der Waals surface area (Å²) in [6, 6.07) is 16.4. The van der Waals surface area contributed by atoms with Crippen molar-refractivity contribution in [2.45, 2.75) is 32.7 Å². The maximum atomic E-state index is 13.9. The fourth-order valence-corrected chi connectivity index (χ4v) is 5.77. The zero-order chi connectivity index (χ0) is 29.1. The maximum absolute atomic E-state index is 13.9. The summed E-state index contributed by atoms with van der Waals surface area (Å²) in [6.07, 6.45) is 2.92. The number of benzene rings is 2. The van der Waals surface area contributed by atoms with Crippen molar-refractivity contribution >= 4 is 29.4 Å². The summed E-state index contributed by atoms with van der Waals surface area (Å²) < 4.78 is 18.7. The number of fused-ring (bicyclic) bond motifs is 1. The molecule has 0 saturated carbocycles. The van der Waals surface area contributed by atoms with Crippen LogP contribution in [0.15, 0.2) is 86.1 Å². The van der Waals surface area contributed by atoms with Crippen molar-refractivity contribution in [2.75, 3.05) is 13.7 Å². The smallest absolute Gasteiger partial charge is 0.338 e. The fourth-order valence-electron chi connectivity index (χ4n) is 4.77. The van der Waals surface area contributed by atoms with Gasteiger partial charge in [-0.1, -0.05) is 48.9 Å². The third kappa shape index (κ3) is 5.51. The van der Waals surface area contributed by atoms with Crippen molar-refractivity contribution in [3.05, 3.63) is 109 Å². The molecule has 1 unspecified atom stereocenters. The summed E-state index contributed by atoms with van der Waals surface area (Å²) in [5, 5.41) is 9.31. The van der Waals surface area contributed by atoms with Gasteiger partial charge in [-0.25, -0.2) is 14.6 Å². The zero-order valence-corrected chi connectivity index (χ0v) is 23.6. The average molecular weight is 573 g/mol. The quantitative estimate of drug-likeness (QED) is 0.292. The second kappa shape index (κ2) is 11.8. The van der Waals surface area contributed by atoms with Crippen molar-refractivity contribution in [2.24, 2.45) is 4.99 Å². The molecular weight excluding hydrogens is 544 g/mol. The molecule has 1 aliphatic heterocycles. The number of aromatic nitrogens is 1. The number of esters is 1. The number of carbonyl (C=O) groups excluding carboxylic acids is 1. The summed E-state index contributed by atoms with van der Waals surface area (Å²) in [5.41, 5.74) is 2.04. The Kier molecular flexibility index (Phi) is 8.02. The molecule has 3 heterocycles. The highest BCUT2D eigenvalue weighted by atomic mass is 32.1. The molecule has 5 rings (SSSR count). The van der Waals surface area contributed by atoms with Crippen LogP contribution in [0, 0.1) is 0 Å². The SMILES string of the molecule is CCCC1=C(C(=O)OCC)C(c2cccc(OC)c2)n2c(s/c(=C\c3ccc(-c4cccc(C(=O)O)c4)o3)c2=O)=N1. The molecule has 210 valence electrons. The Morgan fingerprint density at radius 2 is 1.93 bits per heavy atom. The first-order chi connectivity index (χ1) is 19.8. The Morgan fingerprint density at radius 1 is 1.12 bits per heavy atom. The Bertz CT molecular complexity index is 1840. The molecule has 41 heavy (non-hydrogen) atoms. The standard InChI is InChI=1S/C31H28N2O7S/c1-4-8-23-26(30(37)39-5-2)27(19-10-7-12-21(16-19)38-3)33-28(34)25(41-31(33)32-23)17-22-13-14-24(40-22)18-9-6-11-20(15-18)29(35)36/h6-7,9-17,27H,4-5,8H2,1-3H3,(H,35,36)/b25-17-. The number of ether oxygens (including phenoxy) is 2. The minimum Gasteiger partial charge on any atom is -0.497 e. The topological polar surface area (TPSA) is 120 Å². The number of rotatable bonds is 9.